The fraction of sp³-hybridized carbons (Fsp3) is 0.357. The quantitative estimate of drug-likeness (QED) is 0.883. The van der Waals surface area contributed by atoms with Gasteiger partial charge < -0.3 is 10.6 Å². The van der Waals surface area contributed by atoms with Gasteiger partial charge in [-0.25, -0.2) is 0 Å². The molecule has 100 valence electrons. The number of fused-ring (bicyclic) bond motifs is 1. The molecule has 1 saturated heterocycles. The van der Waals surface area contributed by atoms with Crippen LogP contribution in [-0.2, 0) is 0 Å². The Balaban J connectivity index is 1.79. The van der Waals surface area contributed by atoms with Gasteiger partial charge in [-0.1, -0.05) is 12.1 Å². The summed E-state index contributed by atoms with van der Waals surface area (Å²) in [5, 5.41) is 7.53. The lowest BCUT2D eigenvalue weighted by molar-refractivity contribution is 0.0935. The van der Waals surface area contributed by atoms with Gasteiger partial charge in [0.05, 0.1) is 4.88 Å². The van der Waals surface area contributed by atoms with Crippen LogP contribution in [0, 0.1) is 0 Å². The molecule has 2 heterocycles. The molecule has 1 amide bonds. The summed E-state index contributed by atoms with van der Waals surface area (Å²) in [4.78, 5) is 13.0. The van der Waals surface area contributed by atoms with E-state index in [0.717, 1.165) is 45.4 Å². The van der Waals surface area contributed by atoms with Crippen LogP contribution in [0.15, 0.2) is 28.7 Å². The summed E-state index contributed by atoms with van der Waals surface area (Å²) in [6, 6.07) is 8.26. The lowest BCUT2D eigenvalue weighted by atomic mass is 10.1. The molecule has 1 aromatic heterocycles. The van der Waals surface area contributed by atoms with Crippen LogP contribution in [0.4, 0.5) is 0 Å². The molecule has 3 nitrogen and oxygen atoms in total. The fourth-order valence-electron chi connectivity index (χ4n) is 2.37. The first-order valence-electron chi connectivity index (χ1n) is 6.44. The summed E-state index contributed by atoms with van der Waals surface area (Å²) in [7, 11) is 0. The maximum absolute atomic E-state index is 12.3. The van der Waals surface area contributed by atoms with Crippen LogP contribution < -0.4 is 10.6 Å². The monoisotopic (exact) mass is 338 g/mol. The Morgan fingerprint density at radius 3 is 3.11 bits per heavy atom. The molecular weight excluding hydrogens is 324 g/mol. The second-order valence-corrected chi connectivity index (χ2v) is 6.69. The highest BCUT2D eigenvalue weighted by Crippen LogP contribution is 2.31. The number of halogens is 1. The summed E-state index contributed by atoms with van der Waals surface area (Å²) >= 11 is 5.07. The van der Waals surface area contributed by atoms with Gasteiger partial charge in [0.25, 0.3) is 5.91 Å². The number of hydrogen-bond donors (Lipinski definition) is 2. The standard InChI is InChI=1S/C14H15BrN2OS/c15-11-5-1-3-9-7-12(19-13(9)11)14(18)17-10-4-2-6-16-8-10/h1,3,5,7,10,16H,2,4,6,8H2,(H,17,18). The Hall–Kier alpha value is -0.910. The van der Waals surface area contributed by atoms with Gasteiger partial charge in [-0.15, -0.1) is 11.3 Å². The number of thiophene rings is 1. The average molecular weight is 339 g/mol. The van der Waals surface area contributed by atoms with Crippen molar-refractivity contribution in [2.24, 2.45) is 0 Å². The zero-order chi connectivity index (χ0) is 13.2. The number of benzene rings is 1. The summed E-state index contributed by atoms with van der Waals surface area (Å²) in [6.45, 7) is 1.93. The Morgan fingerprint density at radius 1 is 1.47 bits per heavy atom. The van der Waals surface area contributed by atoms with Crippen molar-refractivity contribution in [1.29, 1.82) is 0 Å². The molecule has 2 N–H and O–H groups in total. The molecule has 0 saturated carbocycles. The van der Waals surface area contributed by atoms with E-state index >= 15 is 0 Å². The van der Waals surface area contributed by atoms with E-state index < -0.39 is 0 Å². The Labute approximate surface area is 124 Å². The number of amides is 1. The Kier molecular flexibility index (Phi) is 3.86. The van der Waals surface area contributed by atoms with E-state index in [4.69, 9.17) is 0 Å². The van der Waals surface area contributed by atoms with Crippen molar-refractivity contribution in [1.82, 2.24) is 10.6 Å². The van der Waals surface area contributed by atoms with Crippen LogP contribution in [0.3, 0.4) is 0 Å². The molecule has 19 heavy (non-hydrogen) atoms. The van der Waals surface area contributed by atoms with Gasteiger partial charge in [0.1, 0.15) is 0 Å². The van der Waals surface area contributed by atoms with Crippen LogP contribution in [0.25, 0.3) is 10.1 Å². The van der Waals surface area contributed by atoms with Gasteiger partial charge in [0.15, 0.2) is 0 Å². The number of carbonyl (C=O) groups excluding carboxylic acids is 1. The molecule has 1 aliphatic rings. The molecule has 0 spiro atoms. The molecule has 0 radical (unpaired) electrons. The van der Waals surface area contributed by atoms with Crippen molar-refractivity contribution < 1.29 is 4.79 Å². The highest BCUT2D eigenvalue weighted by Gasteiger charge is 2.18. The zero-order valence-corrected chi connectivity index (χ0v) is 12.8. The van der Waals surface area contributed by atoms with Gasteiger partial charge in [-0.3, -0.25) is 4.79 Å². The van der Waals surface area contributed by atoms with Gasteiger partial charge >= 0.3 is 0 Å². The number of carbonyl (C=O) groups is 1. The third kappa shape index (κ3) is 2.83. The molecule has 0 aliphatic carbocycles. The molecule has 3 rings (SSSR count). The number of rotatable bonds is 2. The summed E-state index contributed by atoms with van der Waals surface area (Å²) in [6.07, 6.45) is 2.19. The van der Waals surface area contributed by atoms with Crippen molar-refractivity contribution in [3.05, 3.63) is 33.6 Å². The molecule has 1 aromatic carbocycles. The second kappa shape index (κ2) is 5.61. The minimum absolute atomic E-state index is 0.0433. The van der Waals surface area contributed by atoms with Gasteiger partial charge in [-0.2, -0.15) is 0 Å². The smallest absolute Gasteiger partial charge is 0.261 e. The predicted molar refractivity (Wildman–Crippen MR) is 82.9 cm³/mol. The minimum Gasteiger partial charge on any atom is -0.347 e. The van der Waals surface area contributed by atoms with Crippen LogP contribution in [-0.4, -0.2) is 25.0 Å². The van der Waals surface area contributed by atoms with Crippen LogP contribution in [0.1, 0.15) is 22.5 Å². The maximum atomic E-state index is 12.3. The lowest BCUT2D eigenvalue weighted by Gasteiger charge is -2.23. The molecule has 1 atom stereocenters. The van der Waals surface area contributed by atoms with Crippen molar-refractivity contribution in [2.75, 3.05) is 13.1 Å². The number of hydrogen-bond acceptors (Lipinski definition) is 3. The molecule has 1 unspecified atom stereocenters. The third-order valence-corrected chi connectivity index (χ3v) is 5.46. The highest BCUT2D eigenvalue weighted by molar-refractivity contribution is 9.10. The van der Waals surface area contributed by atoms with Crippen molar-refractivity contribution in [3.8, 4) is 0 Å². The lowest BCUT2D eigenvalue weighted by Crippen LogP contribution is -2.45. The predicted octanol–water partition coefficient (Wildman–Crippen LogP) is 3.15. The van der Waals surface area contributed by atoms with Crippen molar-refractivity contribution in [3.63, 3.8) is 0 Å². The minimum atomic E-state index is 0.0433. The molecule has 0 bridgehead atoms. The average Bonchev–Trinajstić information content (AvgIpc) is 2.85. The Morgan fingerprint density at radius 2 is 2.37 bits per heavy atom. The van der Waals surface area contributed by atoms with Gasteiger partial charge in [0, 0.05) is 21.8 Å². The van der Waals surface area contributed by atoms with E-state index in [2.05, 4.69) is 26.6 Å². The van der Waals surface area contributed by atoms with Crippen LogP contribution in [0.5, 0.6) is 0 Å². The third-order valence-electron chi connectivity index (χ3n) is 3.35. The van der Waals surface area contributed by atoms with E-state index in [1.165, 1.54) is 0 Å². The topological polar surface area (TPSA) is 41.1 Å². The number of nitrogens with one attached hydrogen (secondary N) is 2. The summed E-state index contributed by atoms with van der Waals surface area (Å²) in [5.74, 6) is 0.0433. The van der Waals surface area contributed by atoms with Crippen LogP contribution in [0.2, 0.25) is 0 Å². The maximum Gasteiger partial charge on any atom is 0.261 e. The first kappa shape index (κ1) is 13.1. The second-order valence-electron chi connectivity index (χ2n) is 4.79. The van der Waals surface area contributed by atoms with E-state index in [9.17, 15) is 4.79 Å². The first-order valence-corrected chi connectivity index (χ1v) is 8.04. The molecule has 1 fully saturated rings. The van der Waals surface area contributed by atoms with Crippen molar-refractivity contribution in [2.45, 2.75) is 18.9 Å². The summed E-state index contributed by atoms with van der Waals surface area (Å²) in [5.41, 5.74) is 0. The van der Waals surface area contributed by atoms with Gasteiger partial charge in [-0.05, 0) is 52.8 Å². The Bertz CT molecular complexity index is 605. The molecule has 5 heteroatoms. The fourth-order valence-corrected chi connectivity index (χ4v) is 3.96. The SMILES string of the molecule is O=C(NC1CCCNC1)c1cc2cccc(Br)c2s1. The van der Waals surface area contributed by atoms with Gasteiger partial charge in [0.2, 0.25) is 0 Å². The number of piperidine rings is 1. The van der Waals surface area contributed by atoms with E-state index in [-0.39, 0.29) is 11.9 Å². The van der Waals surface area contributed by atoms with Crippen LogP contribution >= 0.6 is 27.3 Å². The normalized spacial score (nSPS) is 19.5. The molecule has 1 aliphatic heterocycles. The molecular formula is C14H15BrN2OS. The van der Waals surface area contributed by atoms with E-state index in [1.54, 1.807) is 11.3 Å². The largest absolute Gasteiger partial charge is 0.347 e. The van der Waals surface area contributed by atoms with E-state index in [0.29, 0.717) is 0 Å². The highest BCUT2D eigenvalue weighted by atomic mass is 79.9. The van der Waals surface area contributed by atoms with Crippen molar-refractivity contribution >= 4 is 43.3 Å². The van der Waals surface area contributed by atoms with E-state index in [1.807, 2.05) is 24.3 Å². The first-order chi connectivity index (χ1) is 9.24. The summed E-state index contributed by atoms with van der Waals surface area (Å²) < 4.78 is 2.18. The zero-order valence-electron chi connectivity index (χ0n) is 10.4. The molecule has 2 aromatic rings.